The Hall–Kier alpha value is -1.49. The molecule has 0 spiro atoms. The maximum atomic E-state index is 11.3. The minimum Gasteiger partial charge on any atom is -0.349 e. The second-order valence-corrected chi connectivity index (χ2v) is 3.81. The molecule has 0 aliphatic heterocycles. The van der Waals surface area contributed by atoms with Gasteiger partial charge in [-0.25, -0.2) is 9.97 Å². The highest BCUT2D eigenvalue weighted by atomic mass is 16.2. The summed E-state index contributed by atoms with van der Waals surface area (Å²) in [6.45, 7) is 3.20. The average molecular weight is 222 g/mol. The van der Waals surface area contributed by atoms with Gasteiger partial charge in [0.2, 0.25) is 5.91 Å². The van der Waals surface area contributed by atoms with Crippen molar-refractivity contribution in [2.45, 2.75) is 19.9 Å². The van der Waals surface area contributed by atoms with Crippen molar-refractivity contribution in [1.82, 2.24) is 20.2 Å². The lowest BCUT2D eigenvalue weighted by Gasteiger charge is -2.10. The minimum absolute atomic E-state index is 0.131. The molecule has 88 valence electrons. The van der Waals surface area contributed by atoms with E-state index in [4.69, 9.17) is 0 Å². The first-order valence-electron chi connectivity index (χ1n) is 5.29. The number of nitrogens with zero attached hydrogens (tertiary/aromatic N) is 3. The molecule has 1 heterocycles. The molecule has 0 saturated heterocycles. The smallest absolute Gasteiger partial charge is 0.223 e. The third-order valence-corrected chi connectivity index (χ3v) is 2.15. The zero-order chi connectivity index (χ0) is 12.0. The topological polar surface area (TPSA) is 58.1 Å². The summed E-state index contributed by atoms with van der Waals surface area (Å²) in [5.41, 5.74) is 0.949. The molecule has 0 saturated carbocycles. The van der Waals surface area contributed by atoms with E-state index in [1.54, 1.807) is 25.2 Å². The third-order valence-electron chi connectivity index (χ3n) is 2.15. The van der Waals surface area contributed by atoms with Crippen molar-refractivity contribution in [2.24, 2.45) is 0 Å². The molecule has 0 unspecified atom stereocenters. The molecule has 0 atom stereocenters. The first kappa shape index (κ1) is 12.6. The molecular weight excluding hydrogens is 204 g/mol. The molecule has 0 radical (unpaired) electrons. The summed E-state index contributed by atoms with van der Waals surface area (Å²) in [7, 11) is 3.52. The first-order valence-corrected chi connectivity index (χ1v) is 5.29. The van der Waals surface area contributed by atoms with Gasteiger partial charge in [-0.15, -0.1) is 0 Å². The Balaban J connectivity index is 2.23. The fraction of sp³-hybridized carbons (Fsp3) is 0.545. The highest BCUT2D eigenvalue weighted by Crippen LogP contribution is 1.94. The van der Waals surface area contributed by atoms with Crippen LogP contribution >= 0.6 is 0 Å². The van der Waals surface area contributed by atoms with E-state index in [2.05, 4.69) is 15.3 Å². The number of nitrogens with one attached hydrogen (secondary N) is 1. The quantitative estimate of drug-likeness (QED) is 0.730. The Kier molecular flexibility index (Phi) is 4.85. The lowest BCUT2D eigenvalue weighted by molar-refractivity contribution is -0.128. The van der Waals surface area contributed by atoms with Crippen LogP contribution in [0.3, 0.4) is 0 Å². The summed E-state index contributed by atoms with van der Waals surface area (Å²) in [5, 5.41) is 3.18. The van der Waals surface area contributed by atoms with Gasteiger partial charge in [0, 0.05) is 39.8 Å². The van der Waals surface area contributed by atoms with Crippen molar-refractivity contribution < 1.29 is 4.79 Å². The Morgan fingerprint density at radius 3 is 2.88 bits per heavy atom. The maximum Gasteiger partial charge on any atom is 0.223 e. The lowest BCUT2D eigenvalue weighted by atomic mass is 10.3. The van der Waals surface area contributed by atoms with Gasteiger partial charge in [0.15, 0.2) is 0 Å². The van der Waals surface area contributed by atoms with Crippen LogP contribution in [0.15, 0.2) is 12.3 Å². The monoisotopic (exact) mass is 222 g/mol. The van der Waals surface area contributed by atoms with Crippen LogP contribution < -0.4 is 5.32 Å². The van der Waals surface area contributed by atoms with Crippen LogP contribution in [0.4, 0.5) is 0 Å². The SMILES string of the molecule is Cc1nccc(CNCCC(=O)N(C)C)n1. The summed E-state index contributed by atoms with van der Waals surface area (Å²) in [5.74, 6) is 0.898. The molecule has 0 aromatic carbocycles. The van der Waals surface area contributed by atoms with Crippen molar-refractivity contribution in [3.63, 3.8) is 0 Å². The third kappa shape index (κ3) is 4.35. The highest BCUT2D eigenvalue weighted by molar-refractivity contribution is 5.75. The van der Waals surface area contributed by atoms with Gasteiger partial charge in [0.05, 0.1) is 5.69 Å². The van der Waals surface area contributed by atoms with Crippen LogP contribution in [-0.2, 0) is 11.3 Å². The minimum atomic E-state index is 0.131. The van der Waals surface area contributed by atoms with Crippen LogP contribution in [0.1, 0.15) is 17.9 Å². The van der Waals surface area contributed by atoms with E-state index in [-0.39, 0.29) is 5.91 Å². The molecule has 0 aliphatic rings. The van der Waals surface area contributed by atoms with Crippen molar-refractivity contribution in [1.29, 1.82) is 0 Å². The van der Waals surface area contributed by atoms with Gasteiger partial charge in [0.25, 0.3) is 0 Å². The van der Waals surface area contributed by atoms with E-state index in [1.807, 2.05) is 13.0 Å². The molecule has 1 rings (SSSR count). The summed E-state index contributed by atoms with van der Waals surface area (Å²) < 4.78 is 0. The van der Waals surface area contributed by atoms with Crippen LogP contribution in [0.2, 0.25) is 0 Å². The summed E-state index contributed by atoms with van der Waals surface area (Å²) in [6.07, 6.45) is 2.25. The van der Waals surface area contributed by atoms with Crippen molar-refractivity contribution >= 4 is 5.91 Å². The highest BCUT2D eigenvalue weighted by Gasteiger charge is 2.02. The largest absolute Gasteiger partial charge is 0.349 e. The molecule has 16 heavy (non-hydrogen) atoms. The zero-order valence-electron chi connectivity index (χ0n) is 10.0. The van der Waals surface area contributed by atoms with E-state index in [0.717, 1.165) is 11.5 Å². The van der Waals surface area contributed by atoms with Gasteiger partial charge >= 0.3 is 0 Å². The number of aromatic nitrogens is 2. The molecule has 1 aromatic heterocycles. The van der Waals surface area contributed by atoms with Crippen LogP contribution in [0.5, 0.6) is 0 Å². The van der Waals surface area contributed by atoms with Crippen LogP contribution in [0, 0.1) is 6.92 Å². The van der Waals surface area contributed by atoms with Gasteiger partial charge in [-0.1, -0.05) is 0 Å². The zero-order valence-corrected chi connectivity index (χ0v) is 10.0. The second kappa shape index (κ2) is 6.17. The Morgan fingerprint density at radius 2 is 2.25 bits per heavy atom. The van der Waals surface area contributed by atoms with Crippen molar-refractivity contribution in [3.8, 4) is 0 Å². The molecular formula is C11H18N4O. The van der Waals surface area contributed by atoms with Gasteiger partial charge < -0.3 is 10.2 Å². The van der Waals surface area contributed by atoms with E-state index in [0.29, 0.717) is 19.5 Å². The summed E-state index contributed by atoms with van der Waals surface area (Å²) in [6, 6.07) is 1.87. The summed E-state index contributed by atoms with van der Waals surface area (Å²) in [4.78, 5) is 21.1. The van der Waals surface area contributed by atoms with Crippen molar-refractivity contribution in [2.75, 3.05) is 20.6 Å². The number of aryl methyl sites for hydroxylation is 1. The molecule has 0 aliphatic carbocycles. The predicted octanol–water partition coefficient (Wildman–Crippen LogP) is 0.353. The van der Waals surface area contributed by atoms with Gasteiger partial charge in [0.1, 0.15) is 5.82 Å². The number of rotatable bonds is 5. The molecule has 0 bridgehead atoms. The molecule has 1 N–H and O–H groups in total. The average Bonchev–Trinajstić information content (AvgIpc) is 2.24. The molecule has 1 amide bonds. The number of hydrogen-bond acceptors (Lipinski definition) is 4. The van der Waals surface area contributed by atoms with E-state index in [9.17, 15) is 4.79 Å². The second-order valence-electron chi connectivity index (χ2n) is 3.81. The van der Waals surface area contributed by atoms with Crippen LogP contribution in [0.25, 0.3) is 0 Å². The summed E-state index contributed by atoms with van der Waals surface area (Å²) >= 11 is 0. The van der Waals surface area contributed by atoms with Crippen LogP contribution in [-0.4, -0.2) is 41.4 Å². The van der Waals surface area contributed by atoms with Gasteiger partial charge in [-0.2, -0.15) is 0 Å². The molecule has 0 fully saturated rings. The Labute approximate surface area is 95.9 Å². The maximum absolute atomic E-state index is 11.3. The molecule has 5 nitrogen and oxygen atoms in total. The van der Waals surface area contributed by atoms with Gasteiger partial charge in [-0.3, -0.25) is 4.79 Å². The standard InChI is InChI=1S/C11H18N4O/c1-9-13-7-4-10(14-9)8-12-6-5-11(16)15(2)3/h4,7,12H,5-6,8H2,1-3H3. The normalized spacial score (nSPS) is 10.2. The van der Waals surface area contributed by atoms with E-state index >= 15 is 0 Å². The molecule has 1 aromatic rings. The van der Waals surface area contributed by atoms with Crippen molar-refractivity contribution in [3.05, 3.63) is 23.8 Å². The number of amides is 1. The van der Waals surface area contributed by atoms with E-state index < -0.39 is 0 Å². The number of hydrogen-bond donors (Lipinski definition) is 1. The number of carbonyl (C=O) groups is 1. The Morgan fingerprint density at radius 1 is 1.50 bits per heavy atom. The van der Waals surface area contributed by atoms with E-state index in [1.165, 1.54) is 0 Å². The molecule has 5 heteroatoms. The fourth-order valence-corrected chi connectivity index (χ4v) is 1.24. The first-order chi connectivity index (χ1) is 7.59. The fourth-order valence-electron chi connectivity index (χ4n) is 1.24. The Bertz CT molecular complexity index is 352. The van der Waals surface area contributed by atoms with Gasteiger partial charge in [-0.05, 0) is 13.0 Å². The lowest BCUT2D eigenvalue weighted by Crippen LogP contribution is -2.26. The predicted molar refractivity (Wildman–Crippen MR) is 61.8 cm³/mol. The number of carbonyl (C=O) groups excluding carboxylic acids is 1.